The number of aromatic carboxylic acids is 1. The normalized spacial score (nSPS) is 16.3. The standard InChI is InChI=1S/C24H32N2O4S/c1-18-8-10-21(31-18)16-25-12-6-4-3-5-7-13-26(23(27)17-30-2)22-11-9-19(24(28)29)14-20(22)15-25/h8-11,14H,3-7,12-13,15-17H2,1-2H3,(H,28,29). The van der Waals surface area contributed by atoms with Crippen molar-refractivity contribution in [1.29, 1.82) is 0 Å². The van der Waals surface area contributed by atoms with Crippen LogP contribution in [0.3, 0.4) is 0 Å². The third-order valence-corrected chi connectivity index (χ3v) is 6.60. The van der Waals surface area contributed by atoms with Gasteiger partial charge in [0.1, 0.15) is 6.61 Å². The maximum atomic E-state index is 12.8. The number of rotatable bonds is 5. The van der Waals surface area contributed by atoms with Gasteiger partial charge in [-0.1, -0.05) is 19.3 Å². The molecule has 0 radical (unpaired) electrons. The summed E-state index contributed by atoms with van der Waals surface area (Å²) >= 11 is 1.79. The van der Waals surface area contributed by atoms with E-state index in [2.05, 4.69) is 24.0 Å². The fourth-order valence-corrected chi connectivity index (χ4v) is 5.00. The topological polar surface area (TPSA) is 70.1 Å². The SMILES string of the molecule is COCC(=O)N1CCCCCCCN(Cc2ccc(C)s2)Cc2cc(C(=O)O)ccc21. The van der Waals surface area contributed by atoms with E-state index in [1.165, 1.54) is 16.9 Å². The molecule has 1 aliphatic rings. The van der Waals surface area contributed by atoms with Crippen LogP contribution >= 0.6 is 11.3 Å². The van der Waals surface area contributed by atoms with Crippen molar-refractivity contribution in [3.05, 3.63) is 51.2 Å². The summed E-state index contributed by atoms with van der Waals surface area (Å²) < 4.78 is 5.11. The number of benzene rings is 1. The molecule has 0 fully saturated rings. The van der Waals surface area contributed by atoms with Crippen LogP contribution in [0.15, 0.2) is 30.3 Å². The Morgan fingerprint density at radius 1 is 1.06 bits per heavy atom. The predicted octanol–water partition coefficient (Wildman–Crippen LogP) is 4.70. The monoisotopic (exact) mass is 444 g/mol. The number of carbonyl (C=O) groups is 2. The number of amides is 1. The number of carboxylic acids is 1. The first-order valence-electron chi connectivity index (χ1n) is 10.9. The summed E-state index contributed by atoms with van der Waals surface area (Å²) in [7, 11) is 1.52. The van der Waals surface area contributed by atoms with Crippen molar-refractivity contribution in [3.63, 3.8) is 0 Å². The van der Waals surface area contributed by atoms with Gasteiger partial charge in [-0.05, 0) is 62.2 Å². The maximum Gasteiger partial charge on any atom is 0.335 e. The van der Waals surface area contributed by atoms with Gasteiger partial charge in [0.05, 0.1) is 5.56 Å². The van der Waals surface area contributed by atoms with Gasteiger partial charge in [-0.3, -0.25) is 9.69 Å². The Balaban J connectivity index is 1.97. The lowest BCUT2D eigenvalue weighted by Gasteiger charge is -2.29. The Hall–Kier alpha value is -2.22. The summed E-state index contributed by atoms with van der Waals surface area (Å²) in [5.41, 5.74) is 1.91. The van der Waals surface area contributed by atoms with Crippen LogP contribution in [-0.2, 0) is 22.6 Å². The number of thiophene rings is 1. The zero-order valence-electron chi connectivity index (χ0n) is 18.4. The van der Waals surface area contributed by atoms with Gasteiger partial charge in [0.15, 0.2) is 0 Å². The second-order valence-corrected chi connectivity index (χ2v) is 9.49. The second kappa shape index (κ2) is 11.4. The van der Waals surface area contributed by atoms with Crippen LogP contribution in [0.4, 0.5) is 5.69 Å². The summed E-state index contributed by atoms with van der Waals surface area (Å²) in [6, 6.07) is 9.40. The Labute approximate surface area is 188 Å². The molecule has 3 rings (SSSR count). The minimum atomic E-state index is -0.955. The highest BCUT2D eigenvalue weighted by atomic mass is 32.1. The quantitative estimate of drug-likeness (QED) is 0.724. The number of anilines is 1. The van der Waals surface area contributed by atoms with E-state index in [0.29, 0.717) is 13.1 Å². The number of hydrogen-bond donors (Lipinski definition) is 1. The lowest BCUT2D eigenvalue weighted by Crippen LogP contribution is -2.36. The van der Waals surface area contributed by atoms with E-state index < -0.39 is 5.97 Å². The molecular weight excluding hydrogens is 412 g/mol. The van der Waals surface area contributed by atoms with Crippen LogP contribution in [0.5, 0.6) is 0 Å². The molecule has 6 nitrogen and oxygen atoms in total. The van der Waals surface area contributed by atoms with Gasteiger partial charge in [0.25, 0.3) is 5.91 Å². The molecule has 0 unspecified atom stereocenters. The molecule has 31 heavy (non-hydrogen) atoms. The summed E-state index contributed by atoms with van der Waals surface area (Å²) in [4.78, 5) is 31.2. The van der Waals surface area contributed by atoms with E-state index in [1.807, 2.05) is 0 Å². The number of aryl methyl sites for hydroxylation is 1. The van der Waals surface area contributed by atoms with Crippen LogP contribution in [0.1, 0.15) is 57.8 Å². The number of hydrogen-bond acceptors (Lipinski definition) is 5. The molecule has 1 aromatic carbocycles. The fourth-order valence-electron chi connectivity index (χ4n) is 4.07. The summed E-state index contributed by atoms with van der Waals surface area (Å²) in [5.74, 6) is -1.05. The van der Waals surface area contributed by atoms with Crippen molar-refractivity contribution in [2.24, 2.45) is 0 Å². The molecule has 0 saturated heterocycles. The molecule has 1 aliphatic heterocycles. The van der Waals surface area contributed by atoms with Crippen LogP contribution in [0, 0.1) is 6.92 Å². The molecule has 1 aromatic heterocycles. The van der Waals surface area contributed by atoms with Gasteiger partial charge in [-0.25, -0.2) is 4.79 Å². The lowest BCUT2D eigenvalue weighted by atomic mass is 10.0. The predicted molar refractivity (Wildman–Crippen MR) is 124 cm³/mol. The van der Waals surface area contributed by atoms with Crippen molar-refractivity contribution in [2.45, 2.75) is 52.1 Å². The molecule has 1 amide bonds. The highest BCUT2D eigenvalue weighted by molar-refractivity contribution is 7.11. The number of nitrogens with zero attached hydrogens (tertiary/aromatic N) is 2. The van der Waals surface area contributed by atoms with Crippen LogP contribution < -0.4 is 4.90 Å². The first kappa shape index (κ1) is 23.4. The Kier molecular flexibility index (Phi) is 8.63. The van der Waals surface area contributed by atoms with Crippen molar-refractivity contribution in [3.8, 4) is 0 Å². The highest BCUT2D eigenvalue weighted by Gasteiger charge is 2.22. The average Bonchev–Trinajstić information content (AvgIpc) is 3.14. The smallest absolute Gasteiger partial charge is 0.335 e. The number of methoxy groups -OCH3 is 1. The van der Waals surface area contributed by atoms with Gasteiger partial charge in [-0.15, -0.1) is 11.3 Å². The van der Waals surface area contributed by atoms with Crippen molar-refractivity contribution in [2.75, 3.05) is 31.7 Å². The number of carbonyl (C=O) groups excluding carboxylic acids is 1. The molecule has 0 bridgehead atoms. The summed E-state index contributed by atoms with van der Waals surface area (Å²) in [5, 5.41) is 9.55. The van der Waals surface area contributed by atoms with E-state index in [-0.39, 0.29) is 18.1 Å². The maximum absolute atomic E-state index is 12.8. The molecule has 2 heterocycles. The molecule has 0 aliphatic carbocycles. The third-order valence-electron chi connectivity index (χ3n) is 5.61. The minimum absolute atomic E-state index is 0.0122. The van der Waals surface area contributed by atoms with Gasteiger partial charge in [-0.2, -0.15) is 0 Å². The highest BCUT2D eigenvalue weighted by Crippen LogP contribution is 2.27. The van der Waals surface area contributed by atoms with Crippen molar-refractivity contribution < 1.29 is 19.4 Å². The zero-order valence-corrected chi connectivity index (χ0v) is 19.2. The minimum Gasteiger partial charge on any atom is -0.478 e. The summed E-state index contributed by atoms with van der Waals surface area (Å²) in [6.45, 7) is 5.10. The van der Waals surface area contributed by atoms with Crippen LogP contribution in [-0.4, -0.2) is 48.7 Å². The average molecular weight is 445 g/mol. The molecule has 2 aromatic rings. The van der Waals surface area contributed by atoms with E-state index in [0.717, 1.165) is 56.4 Å². The second-order valence-electron chi connectivity index (χ2n) is 8.12. The zero-order chi connectivity index (χ0) is 22.2. The van der Waals surface area contributed by atoms with Gasteiger partial charge in [0, 0.05) is 42.2 Å². The number of carboxylic acid groups (broad SMARTS) is 1. The fraction of sp³-hybridized carbons (Fsp3) is 0.500. The van der Waals surface area contributed by atoms with Gasteiger partial charge < -0.3 is 14.7 Å². The Bertz CT molecular complexity index is 895. The van der Waals surface area contributed by atoms with Crippen molar-refractivity contribution >= 4 is 28.9 Å². The van der Waals surface area contributed by atoms with E-state index in [9.17, 15) is 14.7 Å². The molecule has 0 spiro atoms. The first-order valence-corrected chi connectivity index (χ1v) is 11.7. The molecule has 7 heteroatoms. The molecule has 168 valence electrons. The van der Waals surface area contributed by atoms with Crippen LogP contribution in [0.25, 0.3) is 0 Å². The van der Waals surface area contributed by atoms with Crippen molar-refractivity contribution in [1.82, 2.24) is 4.90 Å². The lowest BCUT2D eigenvalue weighted by molar-refractivity contribution is -0.122. The third kappa shape index (κ3) is 6.63. The number of ether oxygens (including phenoxy) is 1. The molecule has 0 saturated carbocycles. The van der Waals surface area contributed by atoms with Gasteiger partial charge >= 0.3 is 5.97 Å². The molecule has 0 atom stereocenters. The van der Waals surface area contributed by atoms with Gasteiger partial charge in [0.2, 0.25) is 0 Å². The van der Waals surface area contributed by atoms with E-state index >= 15 is 0 Å². The molecule has 1 N–H and O–H groups in total. The molecular formula is C24H32N2O4S. The number of fused-ring (bicyclic) bond motifs is 1. The Morgan fingerprint density at radius 3 is 2.48 bits per heavy atom. The van der Waals surface area contributed by atoms with E-state index in [4.69, 9.17) is 4.74 Å². The largest absolute Gasteiger partial charge is 0.478 e. The first-order chi connectivity index (χ1) is 15.0. The van der Waals surface area contributed by atoms with E-state index in [1.54, 1.807) is 34.4 Å². The Morgan fingerprint density at radius 2 is 1.81 bits per heavy atom. The summed E-state index contributed by atoms with van der Waals surface area (Å²) in [6.07, 6.45) is 5.43. The van der Waals surface area contributed by atoms with Crippen LogP contribution in [0.2, 0.25) is 0 Å².